The second kappa shape index (κ2) is 9.11. The summed E-state index contributed by atoms with van der Waals surface area (Å²) in [6.07, 6.45) is 0.141. The molecule has 1 saturated heterocycles. The molecule has 0 radical (unpaired) electrons. The van der Waals surface area contributed by atoms with Gasteiger partial charge in [0.25, 0.3) is 0 Å². The number of hydrogen-bond acceptors (Lipinski definition) is 5. The summed E-state index contributed by atoms with van der Waals surface area (Å²) in [5.41, 5.74) is 3.39. The quantitative estimate of drug-likeness (QED) is 0.706. The van der Waals surface area contributed by atoms with Crippen molar-refractivity contribution in [2.75, 3.05) is 31.6 Å². The standard InChI is InChI=1S/C23H30N2O3/c1-17(2)28-23-11-6-5-10-21(23)25-13-12-24(4)22(15-25)20-9-7-8-19(14-20)16-27-18(3)26/h5-11,14,17,22H,12-13,15-16H2,1-4H3. The van der Waals surface area contributed by atoms with Gasteiger partial charge < -0.3 is 14.4 Å². The molecule has 0 saturated carbocycles. The van der Waals surface area contributed by atoms with Crippen LogP contribution in [0.3, 0.4) is 0 Å². The molecule has 0 aromatic heterocycles. The zero-order valence-corrected chi connectivity index (χ0v) is 17.2. The molecule has 3 rings (SSSR count). The first-order valence-corrected chi connectivity index (χ1v) is 9.87. The normalized spacial score (nSPS) is 17.6. The van der Waals surface area contributed by atoms with E-state index < -0.39 is 0 Å². The highest BCUT2D eigenvalue weighted by molar-refractivity contribution is 5.66. The first kappa shape index (κ1) is 20.2. The first-order chi connectivity index (χ1) is 13.4. The molecule has 5 heteroatoms. The van der Waals surface area contributed by atoms with Crippen LogP contribution in [-0.4, -0.2) is 43.7 Å². The molecule has 1 aliphatic rings. The van der Waals surface area contributed by atoms with Gasteiger partial charge >= 0.3 is 5.97 Å². The third-order valence-electron chi connectivity index (χ3n) is 4.99. The van der Waals surface area contributed by atoms with Crippen LogP contribution in [-0.2, 0) is 16.1 Å². The summed E-state index contributed by atoms with van der Waals surface area (Å²) in [7, 11) is 2.16. The fourth-order valence-corrected chi connectivity index (χ4v) is 3.60. The Labute approximate surface area is 167 Å². The molecule has 28 heavy (non-hydrogen) atoms. The molecule has 5 nitrogen and oxygen atoms in total. The predicted molar refractivity (Wildman–Crippen MR) is 112 cm³/mol. The van der Waals surface area contributed by atoms with Gasteiger partial charge in [0.2, 0.25) is 0 Å². The smallest absolute Gasteiger partial charge is 0.302 e. The lowest BCUT2D eigenvalue weighted by Crippen LogP contribution is -2.46. The van der Waals surface area contributed by atoms with Gasteiger partial charge in [0.1, 0.15) is 12.4 Å². The lowest BCUT2D eigenvalue weighted by atomic mass is 10.00. The van der Waals surface area contributed by atoms with Crippen molar-refractivity contribution in [3.63, 3.8) is 0 Å². The van der Waals surface area contributed by atoms with Crippen molar-refractivity contribution in [3.8, 4) is 5.75 Å². The summed E-state index contributed by atoms with van der Waals surface area (Å²) in [6, 6.07) is 16.9. The van der Waals surface area contributed by atoms with Gasteiger partial charge in [-0.05, 0) is 44.2 Å². The summed E-state index contributed by atoms with van der Waals surface area (Å²) >= 11 is 0. The van der Waals surface area contributed by atoms with Crippen LogP contribution in [0.25, 0.3) is 0 Å². The monoisotopic (exact) mass is 382 g/mol. The van der Waals surface area contributed by atoms with E-state index in [2.05, 4.69) is 55.0 Å². The topological polar surface area (TPSA) is 42.0 Å². The number of esters is 1. The highest BCUT2D eigenvalue weighted by atomic mass is 16.5. The Morgan fingerprint density at radius 1 is 1.14 bits per heavy atom. The zero-order valence-electron chi connectivity index (χ0n) is 17.2. The Morgan fingerprint density at radius 3 is 2.68 bits per heavy atom. The zero-order chi connectivity index (χ0) is 20.1. The summed E-state index contributed by atoms with van der Waals surface area (Å²) in [5, 5.41) is 0. The molecule has 0 spiro atoms. The summed E-state index contributed by atoms with van der Waals surface area (Å²) < 4.78 is 11.2. The fraction of sp³-hybridized carbons (Fsp3) is 0.435. The molecule has 1 aliphatic heterocycles. The Kier molecular flexibility index (Phi) is 6.57. The molecular weight excluding hydrogens is 352 g/mol. The van der Waals surface area contributed by atoms with Crippen molar-refractivity contribution in [2.24, 2.45) is 0 Å². The van der Waals surface area contributed by atoms with Crippen LogP contribution >= 0.6 is 0 Å². The molecule has 1 fully saturated rings. The van der Waals surface area contributed by atoms with E-state index in [0.29, 0.717) is 6.61 Å². The van der Waals surface area contributed by atoms with Crippen molar-refractivity contribution < 1.29 is 14.3 Å². The number of carbonyl (C=O) groups excluding carboxylic acids is 1. The van der Waals surface area contributed by atoms with Gasteiger partial charge in [0.05, 0.1) is 17.8 Å². The highest BCUT2D eigenvalue weighted by Crippen LogP contribution is 2.34. The van der Waals surface area contributed by atoms with Gasteiger partial charge in [-0.25, -0.2) is 0 Å². The number of piperazine rings is 1. The average molecular weight is 383 g/mol. The Balaban J connectivity index is 1.80. The van der Waals surface area contributed by atoms with Crippen LogP contribution in [0.1, 0.15) is 37.9 Å². The minimum Gasteiger partial charge on any atom is -0.489 e. The van der Waals surface area contributed by atoms with E-state index >= 15 is 0 Å². The first-order valence-electron chi connectivity index (χ1n) is 9.87. The minimum atomic E-state index is -0.256. The van der Waals surface area contributed by atoms with E-state index in [4.69, 9.17) is 9.47 Å². The third kappa shape index (κ3) is 5.04. The second-order valence-corrected chi connectivity index (χ2v) is 7.60. The SMILES string of the molecule is CC(=O)OCc1cccc(C2CN(c3ccccc3OC(C)C)CCN2C)c1. The molecule has 2 aromatic rings. The fourth-order valence-electron chi connectivity index (χ4n) is 3.60. The highest BCUT2D eigenvalue weighted by Gasteiger charge is 2.27. The van der Waals surface area contributed by atoms with Crippen LogP contribution in [0.4, 0.5) is 5.69 Å². The maximum Gasteiger partial charge on any atom is 0.302 e. The predicted octanol–water partition coefficient (Wildman–Crippen LogP) is 4.03. The number of anilines is 1. The molecule has 0 amide bonds. The number of carbonyl (C=O) groups is 1. The van der Waals surface area contributed by atoms with E-state index in [1.165, 1.54) is 12.5 Å². The number of ether oxygens (including phenoxy) is 2. The number of para-hydroxylation sites is 2. The van der Waals surface area contributed by atoms with Gasteiger partial charge in [-0.3, -0.25) is 9.69 Å². The van der Waals surface area contributed by atoms with Crippen molar-refractivity contribution in [3.05, 3.63) is 59.7 Å². The molecule has 150 valence electrons. The Hall–Kier alpha value is -2.53. The van der Waals surface area contributed by atoms with E-state index in [0.717, 1.165) is 36.6 Å². The van der Waals surface area contributed by atoms with Gasteiger partial charge in [-0.1, -0.05) is 36.4 Å². The van der Waals surface area contributed by atoms with Gasteiger partial charge in [0.15, 0.2) is 0 Å². The molecule has 0 bridgehead atoms. The number of hydrogen-bond donors (Lipinski definition) is 0. The summed E-state index contributed by atoms with van der Waals surface area (Å²) in [4.78, 5) is 15.9. The second-order valence-electron chi connectivity index (χ2n) is 7.60. The van der Waals surface area contributed by atoms with Gasteiger partial charge in [0, 0.05) is 26.6 Å². The molecule has 2 aromatic carbocycles. The average Bonchev–Trinajstić information content (AvgIpc) is 2.67. The minimum absolute atomic E-state index is 0.141. The summed E-state index contributed by atoms with van der Waals surface area (Å²) in [6.45, 7) is 8.66. The van der Waals surface area contributed by atoms with E-state index in [9.17, 15) is 4.79 Å². The lowest BCUT2D eigenvalue weighted by Gasteiger charge is -2.41. The van der Waals surface area contributed by atoms with Crippen LogP contribution in [0.5, 0.6) is 5.75 Å². The number of rotatable bonds is 6. The molecule has 1 atom stereocenters. The van der Waals surface area contributed by atoms with Gasteiger partial charge in [-0.2, -0.15) is 0 Å². The largest absolute Gasteiger partial charge is 0.489 e. The van der Waals surface area contributed by atoms with Crippen molar-refractivity contribution in [1.82, 2.24) is 4.90 Å². The van der Waals surface area contributed by atoms with Crippen molar-refractivity contribution >= 4 is 11.7 Å². The van der Waals surface area contributed by atoms with Crippen molar-refractivity contribution in [1.29, 1.82) is 0 Å². The third-order valence-corrected chi connectivity index (χ3v) is 4.99. The van der Waals surface area contributed by atoms with E-state index in [-0.39, 0.29) is 18.1 Å². The molecule has 1 unspecified atom stereocenters. The maximum absolute atomic E-state index is 11.1. The van der Waals surface area contributed by atoms with Crippen molar-refractivity contribution in [2.45, 2.75) is 39.5 Å². The van der Waals surface area contributed by atoms with Crippen LogP contribution < -0.4 is 9.64 Å². The maximum atomic E-state index is 11.1. The number of nitrogens with zero attached hydrogens (tertiary/aromatic N) is 2. The van der Waals surface area contributed by atoms with Crippen LogP contribution in [0.2, 0.25) is 0 Å². The molecule has 1 heterocycles. The molecule has 0 N–H and O–H groups in total. The van der Waals surface area contributed by atoms with E-state index in [1.54, 1.807) is 0 Å². The molecular formula is C23H30N2O3. The van der Waals surface area contributed by atoms with Crippen LogP contribution in [0, 0.1) is 0 Å². The number of benzene rings is 2. The van der Waals surface area contributed by atoms with E-state index in [1.807, 2.05) is 24.3 Å². The Bertz CT molecular complexity index is 806. The molecule has 0 aliphatic carbocycles. The Morgan fingerprint density at radius 2 is 1.93 bits per heavy atom. The van der Waals surface area contributed by atoms with Gasteiger partial charge in [-0.15, -0.1) is 0 Å². The number of likely N-dealkylation sites (N-methyl/N-ethyl adjacent to an activating group) is 1. The van der Waals surface area contributed by atoms with Crippen LogP contribution in [0.15, 0.2) is 48.5 Å². The summed E-state index contributed by atoms with van der Waals surface area (Å²) in [5.74, 6) is 0.678. The lowest BCUT2D eigenvalue weighted by molar-refractivity contribution is -0.142.